The van der Waals surface area contributed by atoms with E-state index >= 15 is 0 Å². The predicted octanol–water partition coefficient (Wildman–Crippen LogP) is 2.72. The molecule has 2 N–H and O–H groups in total. The molecule has 0 bridgehead atoms. The van der Waals surface area contributed by atoms with Crippen molar-refractivity contribution in [2.24, 2.45) is 0 Å². The van der Waals surface area contributed by atoms with Gasteiger partial charge in [-0.15, -0.1) is 0 Å². The average Bonchev–Trinajstić information content (AvgIpc) is 2.87. The molecule has 1 heterocycles. The van der Waals surface area contributed by atoms with E-state index in [1.54, 1.807) is 12.3 Å². The van der Waals surface area contributed by atoms with Crippen LogP contribution in [0.4, 0.5) is 4.39 Å². The van der Waals surface area contributed by atoms with Crippen LogP contribution >= 0.6 is 0 Å². The second-order valence-electron chi connectivity index (χ2n) is 4.30. The number of rotatable bonds is 6. The van der Waals surface area contributed by atoms with Crippen molar-refractivity contribution in [1.29, 1.82) is 0 Å². The van der Waals surface area contributed by atoms with Gasteiger partial charge in [-0.1, -0.05) is 6.92 Å². The first-order valence-corrected chi connectivity index (χ1v) is 6.33. The van der Waals surface area contributed by atoms with Crippen LogP contribution in [-0.4, -0.2) is 23.9 Å². The molecule has 19 heavy (non-hydrogen) atoms. The van der Waals surface area contributed by atoms with Crippen molar-refractivity contribution in [1.82, 2.24) is 15.5 Å². The largest absolute Gasteiger partial charge is 0.494 e. The molecule has 1 aromatic carbocycles. The van der Waals surface area contributed by atoms with Crippen molar-refractivity contribution in [2.45, 2.75) is 19.9 Å². The van der Waals surface area contributed by atoms with E-state index in [1.165, 1.54) is 13.2 Å². The van der Waals surface area contributed by atoms with Gasteiger partial charge >= 0.3 is 0 Å². The minimum Gasteiger partial charge on any atom is -0.494 e. The van der Waals surface area contributed by atoms with Gasteiger partial charge < -0.3 is 10.1 Å². The van der Waals surface area contributed by atoms with Crippen molar-refractivity contribution >= 4 is 0 Å². The molecular formula is C14H18FN3O. The lowest BCUT2D eigenvalue weighted by atomic mass is 10.1. The van der Waals surface area contributed by atoms with Crippen LogP contribution in [0.5, 0.6) is 5.75 Å². The number of H-pyrrole nitrogens is 1. The molecule has 0 saturated carbocycles. The van der Waals surface area contributed by atoms with Gasteiger partial charge in [-0.05, 0) is 31.2 Å². The van der Waals surface area contributed by atoms with Crippen LogP contribution in [0, 0.1) is 5.82 Å². The number of aromatic nitrogens is 2. The molecule has 0 radical (unpaired) electrons. The van der Waals surface area contributed by atoms with Crippen molar-refractivity contribution in [3.63, 3.8) is 0 Å². The third-order valence-electron chi connectivity index (χ3n) is 2.90. The van der Waals surface area contributed by atoms with Crippen molar-refractivity contribution < 1.29 is 9.13 Å². The third kappa shape index (κ3) is 3.12. The Kier molecular flexibility index (Phi) is 4.52. The molecule has 0 aliphatic heterocycles. The second-order valence-corrected chi connectivity index (χ2v) is 4.30. The molecule has 4 nitrogen and oxygen atoms in total. The van der Waals surface area contributed by atoms with Crippen molar-refractivity contribution in [3.8, 4) is 17.0 Å². The number of hydrogen-bond donors (Lipinski definition) is 2. The van der Waals surface area contributed by atoms with Gasteiger partial charge in [0.15, 0.2) is 11.6 Å². The molecule has 0 aliphatic rings. The summed E-state index contributed by atoms with van der Waals surface area (Å²) >= 11 is 0. The van der Waals surface area contributed by atoms with Crippen molar-refractivity contribution in [2.75, 3.05) is 13.7 Å². The first-order chi connectivity index (χ1) is 9.26. The Balaban J connectivity index is 2.22. The lowest BCUT2D eigenvalue weighted by Gasteiger charge is -2.07. The highest BCUT2D eigenvalue weighted by molar-refractivity contribution is 5.63. The van der Waals surface area contributed by atoms with Crippen LogP contribution in [0.2, 0.25) is 0 Å². The van der Waals surface area contributed by atoms with E-state index in [2.05, 4.69) is 22.4 Å². The Morgan fingerprint density at radius 2 is 2.26 bits per heavy atom. The van der Waals surface area contributed by atoms with Crippen LogP contribution in [-0.2, 0) is 6.54 Å². The number of methoxy groups -OCH3 is 1. The van der Waals surface area contributed by atoms with Gasteiger partial charge in [0.2, 0.25) is 0 Å². The second kappa shape index (κ2) is 6.33. The normalized spacial score (nSPS) is 10.7. The first-order valence-electron chi connectivity index (χ1n) is 6.33. The number of aromatic amines is 1. The monoisotopic (exact) mass is 263 g/mol. The fraction of sp³-hybridized carbons (Fsp3) is 0.357. The highest BCUT2D eigenvalue weighted by Gasteiger charge is 2.10. The Morgan fingerprint density at radius 1 is 1.42 bits per heavy atom. The van der Waals surface area contributed by atoms with Crippen LogP contribution in [0.25, 0.3) is 11.3 Å². The Morgan fingerprint density at radius 3 is 2.95 bits per heavy atom. The number of benzene rings is 1. The van der Waals surface area contributed by atoms with Gasteiger partial charge in [0, 0.05) is 17.7 Å². The van der Waals surface area contributed by atoms with Gasteiger partial charge in [-0.25, -0.2) is 4.39 Å². The predicted molar refractivity (Wildman–Crippen MR) is 72.5 cm³/mol. The Hall–Kier alpha value is -1.88. The fourth-order valence-corrected chi connectivity index (χ4v) is 1.92. The number of nitrogens with zero attached hydrogens (tertiary/aromatic N) is 1. The molecule has 0 saturated heterocycles. The van der Waals surface area contributed by atoms with Crippen LogP contribution < -0.4 is 10.1 Å². The van der Waals surface area contributed by atoms with Gasteiger partial charge in [-0.3, -0.25) is 5.10 Å². The van der Waals surface area contributed by atoms with Crippen molar-refractivity contribution in [3.05, 3.63) is 35.8 Å². The van der Waals surface area contributed by atoms with Gasteiger partial charge in [0.25, 0.3) is 0 Å². The summed E-state index contributed by atoms with van der Waals surface area (Å²) in [6.45, 7) is 3.77. The molecule has 0 amide bonds. The highest BCUT2D eigenvalue weighted by atomic mass is 19.1. The highest BCUT2D eigenvalue weighted by Crippen LogP contribution is 2.26. The minimum atomic E-state index is -0.373. The summed E-state index contributed by atoms with van der Waals surface area (Å²) in [4.78, 5) is 0. The summed E-state index contributed by atoms with van der Waals surface area (Å²) in [5, 5.41) is 10.3. The maximum absolute atomic E-state index is 13.7. The van der Waals surface area contributed by atoms with E-state index in [1.807, 2.05) is 6.07 Å². The quantitative estimate of drug-likeness (QED) is 0.788. The van der Waals surface area contributed by atoms with E-state index in [4.69, 9.17) is 4.74 Å². The molecule has 0 aliphatic carbocycles. The summed E-state index contributed by atoms with van der Waals surface area (Å²) in [7, 11) is 1.45. The molecule has 102 valence electrons. The van der Waals surface area contributed by atoms with Crippen LogP contribution in [0.3, 0.4) is 0 Å². The fourth-order valence-electron chi connectivity index (χ4n) is 1.92. The molecule has 2 rings (SSSR count). The lowest BCUT2D eigenvalue weighted by Crippen LogP contribution is -2.13. The summed E-state index contributed by atoms with van der Waals surface area (Å²) in [6.07, 6.45) is 2.84. The smallest absolute Gasteiger partial charge is 0.165 e. The summed E-state index contributed by atoms with van der Waals surface area (Å²) in [5.41, 5.74) is 2.63. The Labute approximate surface area is 112 Å². The number of hydrogen-bond acceptors (Lipinski definition) is 3. The van der Waals surface area contributed by atoms with Gasteiger partial charge in [0.05, 0.1) is 19.0 Å². The van der Waals surface area contributed by atoms with Crippen LogP contribution in [0.15, 0.2) is 24.4 Å². The lowest BCUT2D eigenvalue weighted by molar-refractivity contribution is 0.386. The number of halogens is 1. The molecule has 1 aromatic heterocycles. The maximum Gasteiger partial charge on any atom is 0.165 e. The third-order valence-corrected chi connectivity index (χ3v) is 2.90. The van der Waals surface area contributed by atoms with E-state index in [-0.39, 0.29) is 11.6 Å². The van der Waals surface area contributed by atoms with Gasteiger partial charge in [-0.2, -0.15) is 5.10 Å². The zero-order valence-electron chi connectivity index (χ0n) is 11.2. The zero-order chi connectivity index (χ0) is 13.7. The molecular weight excluding hydrogens is 245 g/mol. The van der Waals surface area contributed by atoms with Crippen LogP contribution in [0.1, 0.15) is 18.9 Å². The molecule has 0 fully saturated rings. The maximum atomic E-state index is 13.7. The molecule has 0 atom stereocenters. The first kappa shape index (κ1) is 13.5. The topological polar surface area (TPSA) is 49.9 Å². The molecule has 2 aromatic rings. The Bertz CT molecular complexity index is 539. The summed E-state index contributed by atoms with van der Waals surface area (Å²) < 4.78 is 18.6. The molecule has 0 spiro atoms. The minimum absolute atomic E-state index is 0.244. The molecule has 5 heteroatoms. The zero-order valence-corrected chi connectivity index (χ0v) is 11.2. The van der Waals surface area contributed by atoms with E-state index in [9.17, 15) is 4.39 Å². The van der Waals surface area contributed by atoms with E-state index in [0.29, 0.717) is 6.54 Å². The molecule has 0 unspecified atom stereocenters. The summed E-state index contributed by atoms with van der Waals surface area (Å²) in [5.74, 6) is -0.129. The SMILES string of the molecule is CCCNCc1cn[nH]c1-c1ccc(OC)c(F)c1. The van der Waals surface area contributed by atoms with E-state index < -0.39 is 0 Å². The number of nitrogens with one attached hydrogen (secondary N) is 2. The number of ether oxygens (including phenoxy) is 1. The summed E-state index contributed by atoms with van der Waals surface area (Å²) in [6, 6.07) is 4.89. The van der Waals surface area contributed by atoms with E-state index in [0.717, 1.165) is 29.8 Å². The average molecular weight is 263 g/mol. The van der Waals surface area contributed by atoms with Gasteiger partial charge in [0.1, 0.15) is 0 Å². The standard InChI is InChI=1S/C14H18FN3O/c1-3-6-16-8-11-9-17-18-14(11)10-4-5-13(19-2)12(15)7-10/h4-5,7,9,16H,3,6,8H2,1-2H3,(H,17,18).